The fraction of sp³-hybridized carbons (Fsp3) is 0.286. The minimum Gasteiger partial charge on any atom is -0.456 e. The monoisotopic (exact) mass is 402 g/mol. The van der Waals surface area contributed by atoms with Crippen LogP contribution in [0.4, 0.5) is 11.4 Å². The van der Waals surface area contributed by atoms with E-state index in [0.717, 1.165) is 11.1 Å². The fourth-order valence-corrected chi connectivity index (χ4v) is 2.59. The number of carbonyl (C=O) groups excluding carboxylic acids is 3. The number of hydrogen-bond donors (Lipinski definition) is 2. The third-order valence-electron chi connectivity index (χ3n) is 4.09. The summed E-state index contributed by atoms with van der Waals surface area (Å²) in [6.07, 6.45) is 0.510. The predicted octanol–water partition coefficient (Wildman–Crippen LogP) is 4.25. The Morgan fingerprint density at radius 3 is 2.39 bits per heavy atom. The Bertz CT molecular complexity index is 867. The first-order valence-electron chi connectivity index (χ1n) is 8.92. The van der Waals surface area contributed by atoms with E-state index in [4.69, 9.17) is 16.3 Å². The van der Waals surface area contributed by atoms with Gasteiger partial charge in [-0.25, -0.2) is 0 Å². The Kier molecular flexibility index (Phi) is 8.02. The number of nitrogens with one attached hydrogen (secondary N) is 2. The van der Waals surface area contributed by atoms with Crippen LogP contribution in [0.25, 0.3) is 0 Å². The van der Waals surface area contributed by atoms with E-state index in [-0.39, 0.29) is 25.4 Å². The van der Waals surface area contributed by atoms with Gasteiger partial charge in [-0.3, -0.25) is 14.4 Å². The van der Waals surface area contributed by atoms with Crippen LogP contribution in [-0.4, -0.2) is 24.4 Å². The average Bonchev–Trinajstić information content (AvgIpc) is 2.65. The molecule has 0 saturated carbocycles. The zero-order valence-corrected chi connectivity index (χ0v) is 16.6. The first-order chi connectivity index (χ1) is 13.3. The molecule has 0 fully saturated rings. The molecule has 2 rings (SSSR count). The number of carbonyl (C=O) groups is 3. The molecule has 148 valence electrons. The molecule has 2 N–H and O–H groups in total. The van der Waals surface area contributed by atoms with E-state index in [1.807, 2.05) is 26.0 Å². The van der Waals surface area contributed by atoms with Crippen LogP contribution in [0, 0.1) is 13.8 Å². The van der Waals surface area contributed by atoms with E-state index in [0.29, 0.717) is 22.8 Å². The number of aryl methyl sites for hydroxylation is 2. The number of ether oxygens (including phenoxy) is 1. The SMILES string of the molecule is Cc1ccc(NC(=O)COC(=O)CCCC(=O)Nc2ccccc2Cl)cc1C. The van der Waals surface area contributed by atoms with Crippen molar-refractivity contribution in [1.82, 2.24) is 0 Å². The summed E-state index contributed by atoms with van der Waals surface area (Å²) in [4.78, 5) is 35.5. The van der Waals surface area contributed by atoms with Gasteiger partial charge in [0.1, 0.15) is 0 Å². The number of halogens is 1. The van der Waals surface area contributed by atoms with Crippen LogP contribution < -0.4 is 10.6 Å². The summed E-state index contributed by atoms with van der Waals surface area (Å²) in [5, 5.41) is 5.81. The van der Waals surface area contributed by atoms with E-state index in [9.17, 15) is 14.4 Å². The zero-order valence-electron chi connectivity index (χ0n) is 15.9. The van der Waals surface area contributed by atoms with Gasteiger partial charge in [-0.2, -0.15) is 0 Å². The van der Waals surface area contributed by atoms with Gasteiger partial charge in [0, 0.05) is 18.5 Å². The van der Waals surface area contributed by atoms with Gasteiger partial charge < -0.3 is 15.4 Å². The Morgan fingerprint density at radius 1 is 0.929 bits per heavy atom. The number of para-hydroxylation sites is 1. The van der Waals surface area contributed by atoms with Crippen LogP contribution >= 0.6 is 11.6 Å². The Balaban J connectivity index is 1.65. The van der Waals surface area contributed by atoms with Crippen molar-refractivity contribution >= 4 is 40.8 Å². The maximum absolute atomic E-state index is 11.9. The summed E-state index contributed by atoms with van der Waals surface area (Å²) in [7, 11) is 0. The molecule has 0 aromatic heterocycles. The highest BCUT2D eigenvalue weighted by atomic mass is 35.5. The molecule has 6 nitrogen and oxygen atoms in total. The van der Waals surface area contributed by atoms with E-state index in [1.54, 1.807) is 30.3 Å². The van der Waals surface area contributed by atoms with Gasteiger partial charge in [-0.1, -0.05) is 29.8 Å². The van der Waals surface area contributed by atoms with Crippen LogP contribution in [0.15, 0.2) is 42.5 Å². The average molecular weight is 403 g/mol. The minimum absolute atomic E-state index is 0.0485. The van der Waals surface area contributed by atoms with Gasteiger partial charge in [0.25, 0.3) is 5.91 Å². The normalized spacial score (nSPS) is 10.2. The van der Waals surface area contributed by atoms with Gasteiger partial charge in [0.05, 0.1) is 10.7 Å². The predicted molar refractivity (Wildman–Crippen MR) is 109 cm³/mol. The summed E-state index contributed by atoms with van der Waals surface area (Å²) in [5.74, 6) is -1.18. The van der Waals surface area contributed by atoms with Crippen molar-refractivity contribution in [1.29, 1.82) is 0 Å². The lowest BCUT2D eigenvalue weighted by molar-refractivity contribution is -0.147. The summed E-state index contributed by atoms with van der Waals surface area (Å²) >= 11 is 5.97. The Hall–Kier alpha value is -2.86. The molecular weight excluding hydrogens is 380 g/mol. The third kappa shape index (κ3) is 7.04. The maximum atomic E-state index is 11.9. The number of benzene rings is 2. The molecule has 0 saturated heterocycles. The second kappa shape index (κ2) is 10.5. The summed E-state index contributed by atoms with van der Waals surface area (Å²) in [6.45, 7) is 3.57. The largest absolute Gasteiger partial charge is 0.456 e. The number of esters is 1. The smallest absolute Gasteiger partial charge is 0.306 e. The highest BCUT2D eigenvalue weighted by molar-refractivity contribution is 6.33. The summed E-state index contributed by atoms with van der Waals surface area (Å²) in [5.41, 5.74) is 3.37. The van der Waals surface area contributed by atoms with E-state index < -0.39 is 11.9 Å². The lowest BCUT2D eigenvalue weighted by atomic mass is 10.1. The van der Waals surface area contributed by atoms with Crippen molar-refractivity contribution in [3.8, 4) is 0 Å². The molecule has 2 aromatic carbocycles. The van der Waals surface area contributed by atoms with Gasteiger partial charge in [-0.05, 0) is 55.7 Å². The summed E-state index contributed by atoms with van der Waals surface area (Å²) < 4.78 is 4.95. The molecule has 0 unspecified atom stereocenters. The van der Waals surface area contributed by atoms with Crippen molar-refractivity contribution < 1.29 is 19.1 Å². The highest BCUT2D eigenvalue weighted by Crippen LogP contribution is 2.20. The van der Waals surface area contributed by atoms with Crippen LogP contribution in [-0.2, 0) is 19.1 Å². The van der Waals surface area contributed by atoms with Crippen molar-refractivity contribution in [3.05, 3.63) is 58.6 Å². The molecule has 2 amide bonds. The Morgan fingerprint density at radius 2 is 1.68 bits per heavy atom. The first-order valence-corrected chi connectivity index (χ1v) is 9.30. The van der Waals surface area contributed by atoms with E-state index >= 15 is 0 Å². The van der Waals surface area contributed by atoms with E-state index in [2.05, 4.69) is 10.6 Å². The van der Waals surface area contributed by atoms with Crippen molar-refractivity contribution in [2.24, 2.45) is 0 Å². The lowest BCUT2D eigenvalue weighted by Gasteiger charge is -2.09. The van der Waals surface area contributed by atoms with Gasteiger partial charge in [0.15, 0.2) is 6.61 Å². The first kappa shape index (κ1) is 21.4. The molecule has 28 heavy (non-hydrogen) atoms. The van der Waals surface area contributed by atoms with Crippen LogP contribution in [0.5, 0.6) is 0 Å². The second-order valence-electron chi connectivity index (χ2n) is 6.39. The van der Waals surface area contributed by atoms with Crippen molar-refractivity contribution in [2.75, 3.05) is 17.2 Å². The van der Waals surface area contributed by atoms with Crippen molar-refractivity contribution in [3.63, 3.8) is 0 Å². The molecular formula is C21H23ClN2O4. The topological polar surface area (TPSA) is 84.5 Å². The van der Waals surface area contributed by atoms with Gasteiger partial charge >= 0.3 is 5.97 Å². The number of rotatable bonds is 8. The third-order valence-corrected chi connectivity index (χ3v) is 4.42. The van der Waals surface area contributed by atoms with Gasteiger partial charge in [0.2, 0.25) is 5.91 Å². The van der Waals surface area contributed by atoms with Crippen LogP contribution in [0.1, 0.15) is 30.4 Å². The molecule has 0 bridgehead atoms. The highest BCUT2D eigenvalue weighted by Gasteiger charge is 2.10. The molecule has 0 spiro atoms. The number of amides is 2. The quantitative estimate of drug-likeness (QED) is 0.646. The summed E-state index contributed by atoms with van der Waals surface area (Å²) in [6, 6.07) is 12.5. The molecule has 7 heteroatoms. The van der Waals surface area contributed by atoms with E-state index in [1.165, 1.54) is 0 Å². The molecule has 0 aliphatic carbocycles. The Labute approximate surface area is 169 Å². The molecule has 2 aromatic rings. The number of anilines is 2. The maximum Gasteiger partial charge on any atom is 0.306 e. The molecule has 0 heterocycles. The number of hydrogen-bond acceptors (Lipinski definition) is 4. The minimum atomic E-state index is -0.527. The standard InChI is InChI=1S/C21H23ClN2O4/c1-14-10-11-16(12-15(14)2)23-20(26)13-28-21(27)9-5-8-19(25)24-18-7-4-3-6-17(18)22/h3-4,6-7,10-12H,5,8-9,13H2,1-2H3,(H,23,26)(H,24,25). The van der Waals surface area contributed by atoms with Crippen LogP contribution in [0.3, 0.4) is 0 Å². The molecule has 0 aliphatic rings. The van der Waals surface area contributed by atoms with Gasteiger partial charge in [-0.15, -0.1) is 0 Å². The molecule has 0 radical (unpaired) electrons. The fourth-order valence-electron chi connectivity index (χ4n) is 2.40. The van der Waals surface area contributed by atoms with Crippen molar-refractivity contribution in [2.45, 2.75) is 33.1 Å². The zero-order chi connectivity index (χ0) is 20.5. The second-order valence-corrected chi connectivity index (χ2v) is 6.80. The van der Waals surface area contributed by atoms with Crippen LogP contribution in [0.2, 0.25) is 5.02 Å². The lowest BCUT2D eigenvalue weighted by Crippen LogP contribution is -2.21. The molecule has 0 aliphatic heterocycles. The molecule has 0 atom stereocenters.